The third-order valence-corrected chi connectivity index (χ3v) is 8.14. The van der Waals surface area contributed by atoms with E-state index in [1.165, 1.54) is 75.3 Å². The third kappa shape index (κ3) is 13.8. The molecular formula is C38H53BrN2O3. The molecule has 1 aromatic heterocycles. The standard InChI is InChI=1S/C38H52N2O3.BrH/c1-5-6-7-8-9-10-11-12-13-14-15-16-25-43-37-22-19-34(26-36(37)32(4)41)27-38(42)39-35-20-17-33(18-21-35)29-40-24-23-30(2)31(3)28-40;/h17-24,26,28H,5-16,25,27,29H2,1-4H3;1H. The van der Waals surface area contributed by atoms with Crippen LogP contribution in [0.2, 0.25) is 0 Å². The molecule has 44 heavy (non-hydrogen) atoms. The van der Waals surface area contributed by atoms with Crippen molar-refractivity contribution >= 4 is 17.4 Å². The normalized spacial score (nSPS) is 10.7. The maximum absolute atomic E-state index is 12.8. The first-order valence-corrected chi connectivity index (χ1v) is 16.5. The van der Waals surface area contributed by atoms with Crippen molar-refractivity contribution in [3.8, 4) is 5.75 Å². The van der Waals surface area contributed by atoms with Crippen molar-refractivity contribution in [1.29, 1.82) is 0 Å². The number of Topliss-reactive ketones (excluding diaryl/α,β-unsaturated/α-hetero) is 1. The van der Waals surface area contributed by atoms with E-state index in [9.17, 15) is 9.59 Å². The zero-order valence-corrected chi connectivity index (χ0v) is 29.0. The van der Waals surface area contributed by atoms with Crippen LogP contribution in [0.1, 0.15) is 124 Å². The van der Waals surface area contributed by atoms with E-state index < -0.39 is 0 Å². The van der Waals surface area contributed by atoms with Crippen LogP contribution in [0.15, 0.2) is 60.9 Å². The summed E-state index contributed by atoms with van der Waals surface area (Å²) in [4.78, 5) is 25.1. The molecule has 0 saturated heterocycles. The van der Waals surface area contributed by atoms with E-state index in [0.717, 1.165) is 36.2 Å². The number of amides is 1. The first kappa shape index (κ1) is 37.2. The van der Waals surface area contributed by atoms with Crippen molar-refractivity contribution in [2.75, 3.05) is 11.9 Å². The molecular weight excluding hydrogens is 612 g/mol. The highest BCUT2D eigenvalue weighted by molar-refractivity contribution is 5.98. The predicted molar refractivity (Wildman–Crippen MR) is 177 cm³/mol. The number of pyridine rings is 1. The van der Waals surface area contributed by atoms with Gasteiger partial charge in [0, 0.05) is 22.9 Å². The third-order valence-electron chi connectivity index (χ3n) is 8.14. The molecule has 3 aromatic rings. The number of benzene rings is 2. The number of ketones is 1. The van der Waals surface area contributed by atoms with Crippen LogP contribution in [0.3, 0.4) is 0 Å². The van der Waals surface area contributed by atoms with Crippen LogP contribution in [0.4, 0.5) is 5.69 Å². The number of halogens is 1. The van der Waals surface area contributed by atoms with Gasteiger partial charge in [-0.3, -0.25) is 9.59 Å². The monoisotopic (exact) mass is 664 g/mol. The van der Waals surface area contributed by atoms with Crippen molar-refractivity contribution in [2.45, 2.75) is 118 Å². The van der Waals surface area contributed by atoms with Crippen molar-refractivity contribution in [3.05, 3.63) is 88.7 Å². The zero-order chi connectivity index (χ0) is 30.9. The molecule has 0 aliphatic rings. The fourth-order valence-corrected chi connectivity index (χ4v) is 5.34. The topological polar surface area (TPSA) is 59.3 Å². The van der Waals surface area contributed by atoms with Gasteiger partial charge in [-0.25, -0.2) is 4.57 Å². The average Bonchev–Trinajstić information content (AvgIpc) is 2.99. The summed E-state index contributed by atoms with van der Waals surface area (Å²) in [5, 5.41) is 2.98. The maximum Gasteiger partial charge on any atom is 0.228 e. The quantitative estimate of drug-likeness (QED) is 0.0901. The highest BCUT2D eigenvalue weighted by Gasteiger charge is 2.13. The van der Waals surface area contributed by atoms with Crippen LogP contribution in [0, 0.1) is 13.8 Å². The minimum Gasteiger partial charge on any atom is -1.00 e. The van der Waals surface area contributed by atoms with Gasteiger partial charge < -0.3 is 27.0 Å². The van der Waals surface area contributed by atoms with E-state index in [2.05, 4.69) is 49.1 Å². The van der Waals surface area contributed by atoms with Crippen LogP contribution in [0.5, 0.6) is 5.75 Å². The molecule has 0 bridgehead atoms. The molecule has 6 heteroatoms. The number of nitrogens with one attached hydrogen (secondary N) is 1. The van der Waals surface area contributed by atoms with Gasteiger partial charge in [-0.05, 0) is 62.6 Å². The minimum atomic E-state index is -0.115. The summed E-state index contributed by atoms with van der Waals surface area (Å²) in [5.74, 6) is 0.442. The Morgan fingerprint density at radius 1 is 0.750 bits per heavy atom. The number of rotatable bonds is 20. The molecule has 0 saturated carbocycles. The van der Waals surface area contributed by atoms with E-state index >= 15 is 0 Å². The molecule has 1 heterocycles. The lowest BCUT2D eigenvalue weighted by Crippen LogP contribution is -3.00. The Morgan fingerprint density at radius 2 is 1.34 bits per heavy atom. The van der Waals surface area contributed by atoms with Crippen molar-refractivity contribution in [2.24, 2.45) is 0 Å². The molecule has 1 N–H and O–H groups in total. The first-order chi connectivity index (χ1) is 20.9. The van der Waals surface area contributed by atoms with E-state index in [1.54, 1.807) is 13.0 Å². The van der Waals surface area contributed by atoms with Crippen LogP contribution in [-0.4, -0.2) is 18.3 Å². The lowest BCUT2D eigenvalue weighted by molar-refractivity contribution is -0.688. The van der Waals surface area contributed by atoms with Crippen molar-refractivity contribution in [3.63, 3.8) is 0 Å². The first-order valence-electron chi connectivity index (χ1n) is 16.5. The number of ether oxygens (including phenoxy) is 1. The van der Waals surface area contributed by atoms with E-state index in [4.69, 9.17) is 4.74 Å². The average molecular weight is 666 g/mol. The lowest BCUT2D eigenvalue weighted by atomic mass is 10.0. The zero-order valence-electron chi connectivity index (χ0n) is 27.4. The van der Waals surface area contributed by atoms with Gasteiger partial charge in [-0.1, -0.05) is 95.8 Å². The van der Waals surface area contributed by atoms with E-state index in [1.807, 2.05) is 36.4 Å². The summed E-state index contributed by atoms with van der Waals surface area (Å²) in [6.45, 7) is 9.42. The summed E-state index contributed by atoms with van der Waals surface area (Å²) in [7, 11) is 0. The van der Waals surface area contributed by atoms with Gasteiger partial charge in [0.2, 0.25) is 5.91 Å². The number of hydrogen-bond donors (Lipinski definition) is 1. The summed E-state index contributed by atoms with van der Waals surface area (Å²) in [6.07, 6.45) is 20.0. The fraction of sp³-hybridized carbons (Fsp3) is 0.500. The Morgan fingerprint density at radius 3 is 1.93 bits per heavy atom. The number of nitrogens with zero attached hydrogens (tertiary/aromatic N) is 1. The molecule has 0 atom stereocenters. The van der Waals surface area contributed by atoms with Crippen molar-refractivity contribution in [1.82, 2.24) is 0 Å². The Balaban J connectivity index is 0.00000675. The molecule has 0 aliphatic heterocycles. The van der Waals surface area contributed by atoms with Gasteiger partial charge >= 0.3 is 0 Å². The molecule has 2 aromatic carbocycles. The highest BCUT2D eigenvalue weighted by atomic mass is 79.9. The summed E-state index contributed by atoms with van der Waals surface area (Å²) in [6, 6.07) is 15.6. The Kier molecular flexibility index (Phi) is 17.6. The van der Waals surface area contributed by atoms with Crippen molar-refractivity contribution < 1.29 is 35.9 Å². The van der Waals surface area contributed by atoms with Gasteiger partial charge in [0.1, 0.15) is 5.75 Å². The smallest absolute Gasteiger partial charge is 0.228 e. The number of aromatic nitrogens is 1. The van der Waals surface area contributed by atoms with Crippen LogP contribution >= 0.6 is 0 Å². The second-order valence-electron chi connectivity index (χ2n) is 12.0. The molecule has 3 rings (SSSR count). The number of carbonyl (C=O) groups excluding carboxylic acids is 2. The molecule has 5 nitrogen and oxygen atoms in total. The molecule has 0 aliphatic carbocycles. The molecule has 0 unspecified atom stereocenters. The second kappa shape index (κ2) is 20.9. The molecule has 0 fully saturated rings. The lowest BCUT2D eigenvalue weighted by Gasteiger charge is -2.12. The second-order valence-corrected chi connectivity index (χ2v) is 12.0. The fourth-order valence-electron chi connectivity index (χ4n) is 5.34. The van der Waals surface area contributed by atoms with Crippen LogP contribution in [0.25, 0.3) is 0 Å². The SMILES string of the molecule is CCCCCCCCCCCCCCOc1ccc(CC(=O)Nc2ccc(C[n+]3ccc(C)c(C)c3)cc2)cc1C(C)=O.[Br-]. The number of hydrogen-bond acceptors (Lipinski definition) is 3. The molecule has 240 valence electrons. The van der Waals surface area contributed by atoms with Gasteiger partial charge in [0.05, 0.1) is 18.6 Å². The molecule has 1 amide bonds. The number of carbonyl (C=O) groups is 2. The Bertz CT molecular complexity index is 1290. The van der Waals surface area contributed by atoms with Gasteiger partial charge in [-0.15, -0.1) is 0 Å². The van der Waals surface area contributed by atoms with E-state index in [0.29, 0.717) is 17.9 Å². The van der Waals surface area contributed by atoms with Crippen LogP contribution in [-0.2, 0) is 17.8 Å². The predicted octanol–water partition coefficient (Wildman–Crippen LogP) is 6.11. The Hall–Kier alpha value is -2.99. The summed E-state index contributed by atoms with van der Waals surface area (Å²) in [5.41, 5.74) is 5.80. The number of anilines is 1. The van der Waals surface area contributed by atoms with Crippen LogP contribution < -0.4 is 31.6 Å². The van der Waals surface area contributed by atoms with Gasteiger partial charge in [0.15, 0.2) is 24.7 Å². The highest BCUT2D eigenvalue weighted by Crippen LogP contribution is 2.22. The van der Waals surface area contributed by atoms with E-state index in [-0.39, 0.29) is 35.1 Å². The van der Waals surface area contributed by atoms with Gasteiger partial charge in [-0.2, -0.15) is 0 Å². The number of unbranched alkanes of at least 4 members (excludes halogenated alkanes) is 11. The minimum absolute atomic E-state index is 0. The van der Waals surface area contributed by atoms with Gasteiger partial charge in [0.25, 0.3) is 0 Å². The largest absolute Gasteiger partial charge is 1.00 e. The molecule has 0 spiro atoms. The number of aryl methyl sites for hydroxylation is 2. The summed E-state index contributed by atoms with van der Waals surface area (Å²) < 4.78 is 8.15. The maximum atomic E-state index is 12.8. The summed E-state index contributed by atoms with van der Waals surface area (Å²) >= 11 is 0. The molecule has 0 radical (unpaired) electrons. The Labute approximate surface area is 276 Å².